The molecular weight excluding hydrogens is 350 g/mol. The Hall–Kier alpha value is -0.0106. The molecular formula is C10H20F2Ir. The van der Waals surface area contributed by atoms with Gasteiger partial charge in [0, 0.05) is 0 Å². The molecule has 0 aromatic rings. The van der Waals surface area contributed by atoms with E-state index in [2.05, 4.69) is 0 Å². The molecule has 0 saturated carbocycles. The first-order valence-electron chi connectivity index (χ1n) is 3.80. The zero-order chi connectivity index (χ0) is 10.8. The predicted octanol–water partition coefficient (Wildman–Crippen LogP) is 5.14. The standard InChI is InChI=1S/C5H5.5CH3.2FH.Ir/c1-2-4-5-3-1;;;;;;;;/h1-3H,4H2;5*1H3;2*1H;/q;;;;;;;;+2/p-2. The summed E-state index contributed by atoms with van der Waals surface area (Å²) in [6.07, 6.45) is 5.49. The monoisotopic (exact) mass is 371 g/mol. The molecule has 1 aliphatic carbocycles. The molecule has 1 rings (SSSR count). The molecule has 0 saturated heterocycles. The molecule has 0 radical (unpaired) electrons. The number of halogens is 2. The zero-order valence-corrected chi connectivity index (χ0v) is 11.4. The summed E-state index contributed by atoms with van der Waals surface area (Å²) in [5.74, 6) is 0. The summed E-state index contributed by atoms with van der Waals surface area (Å²) in [7, 11) is 0. The van der Waals surface area contributed by atoms with Crippen molar-refractivity contribution >= 4 is 0 Å². The van der Waals surface area contributed by atoms with Crippen LogP contribution in [0.25, 0.3) is 0 Å². The summed E-state index contributed by atoms with van der Waals surface area (Å²) >= 11 is -6.72. The van der Waals surface area contributed by atoms with E-state index in [9.17, 15) is 0 Å². The van der Waals surface area contributed by atoms with Gasteiger partial charge in [0.1, 0.15) is 0 Å². The molecule has 0 bridgehead atoms. The van der Waals surface area contributed by atoms with E-state index < -0.39 is 11.5 Å². The Morgan fingerprint density at radius 1 is 1.08 bits per heavy atom. The van der Waals surface area contributed by atoms with Crippen molar-refractivity contribution in [2.24, 2.45) is 0 Å². The van der Waals surface area contributed by atoms with E-state index in [1.54, 1.807) is 18.2 Å². The second-order valence-corrected chi connectivity index (χ2v) is 48.6. The third kappa shape index (κ3) is 2.72. The maximum atomic E-state index is 15.2. The number of hydrogen-bond donors (Lipinski definition) is 0. The SMILES string of the molecule is [CH3][Ir]([CH3])([CH3])([CH3])([CH3])([F])([F])[C]1=CC=CC1. The van der Waals surface area contributed by atoms with Crippen molar-refractivity contribution in [1.82, 2.24) is 0 Å². The van der Waals surface area contributed by atoms with Gasteiger partial charge in [-0.05, 0) is 0 Å². The van der Waals surface area contributed by atoms with Gasteiger partial charge in [-0.2, -0.15) is 0 Å². The minimum absolute atomic E-state index is 0.313. The Labute approximate surface area is 74.1 Å². The first-order chi connectivity index (χ1) is 5.00. The molecule has 0 nitrogen and oxygen atoms in total. The van der Waals surface area contributed by atoms with Gasteiger partial charge in [0.15, 0.2) is 0 Å². The van der Waals surface area contributed by atoms with E-state index in [1.807, 2.05) is 0 Å². The van der Waals surface area contributed by atoms with Crippen LogP contribution in [0.5, 0.6) is 0 Å². The van der Waals surface area contributed by atoms with Crippen molar-refractivity contribution < 1.29 is 18.0 Å². The number of hydrogen-bond acceptors (Lipinski definition) is 0. The molecule has 13 heavy (non-hydrogen) atoms. The molecule has 0 aromatic heterocycles. The van der Waals surface area contributed by atoms with Crippen LogP contribution in [0.2, 0.25) is 27.2 Å². The van der Waals surface area contributed by atoms with Crippen LogP contribution in [-0.2, 0) is 11.5 Å². The first kappa shape index (κ1) is 11.1. The van der Waals surface area contributed by atoms with Gasteiger partial charge in [0.05, 0.1) is 0 Å². The second-order valence-electron chi connectivity index (χ2n) is 6.82. The molecule has 0 unspecified atom stereocenters. The quantitative estimate of drug-likeness (QED) is 0.600. The topological polar surface area (TPSA) is 0 Å². The first-order valence-corrected chi connectivity index (χ1v) is 18.8. The van der Waals surface area contributed by atoms with Gasteiger partial charge in [-0.25, -0.2) is 0 Å². The summed E-state index contributed by atoms with van der Waals surface area (Å²) in [6, 6.07) is 0. The Bertz CT molecular complexity index is 344. The van der Waals surface area contributed by atoms with Gasteiger partial charge >= 0.3 is 73.9 Å². The van der Waals surface area contributed by atoms with E-state index in [1.165, 1.54) is 27.2 Å². The summed E-state index contributed by atoms with van der Waals surface area (Å²) < 4.78 is 30.8. The number of allylic oxidation sites excluding steroid dienone is 4. The molecule has 3 heteroatoms. The fraction of sp³-hybridized carbons (Fsp3) is 0.600. The third-order valence-electron chi connectivity index (χ3n) is 1.94. The molecule has 1 aliphatic rings. The molecule has 0 spiro atoms. The second kappa shape index (κ2) is 1.18. The van der Waals surface area contributed by atoms with E-state index in [0.717, 1.165) is 0 Å². The maximum absolute atomic E-state index is 15.2. The van der Waals surface area contributed by atoms with E-state index in [-0.39, 0.29) is 0 Å². The molecule has 0 atom stereocenters. The van der Waals surface area contributed by atoms with Crippen LogP contribution in [0.15, 0.2) is 22.3 Å². The molecule has 83 valence electrons. The van der Waals surface area contributed by atoms with Crippen molar-refractivity contribution in [2.45, 2.75) is 33.6 Å². The Morgan fingerprint density at radius 2 is 1.54 bits per heavy atom. The molecule has 0 fully saturated rings. The zero-order valence-electron chi connectivity index (χ0n) is 9.03. The fourth-order valence-electron chi connectivity index (χ4n) is 1.12. The summed E-state index contributed by atoms with van der Waals surface area (Å²) in [4.78, 5) is 0. The van der Waals surface area contributed by atoms with Gasteiger partial charge < -0.3 is 0 Å². The molecule has 0 aliphatic heterocycles. The van der Waals surface area contributed by atoms with E-state index in [0.29, 0.717) is 10.5 Å². The van der Waals surface area contributed by atoms with Crippen molar-refractivity contribution in [2.75, 3.05) is 0 Å². The van der Waals surface area contributed by atoms with Gasteiger partial charge in [-0.3, -0.25) is 0 Å². The van der Waals surface area contributed by atoms with Crippen LogP contribution in [0.3, 0.4) is 0 Å². The van der Waals surface area contributed by atoms with Crippen LogP contribution < -0.4 is 0 Å². The minimum atomic E-state index is -6.72. The van der Waals surface area contributed by atoms with Crippen LogP contribution in [0.1, 0.15) is 6.42 Å². The predicted molar refractivity (Wildman–Crippen MR) is 53.4 cm³/mol. The van der Waals surface area contributed by atoms with Gasteiger partial charge in [-0.1, -0.05) is 0 Å². The molecule has 0 aromatic carbocycles. The average molecular weight is 370 g/mol. The van der Waals surface area contributed by atoms with E-state index >= 15 is 6.51 Å². The summed E-state index contributed by atoms with van der Waals surface area (Å²) in [5.41, 5.74) is 5.86. The van der Waals surface area contributed by atoms with E-state index in [4.69, 9.17) is 0 Å². The Morgan fingerprint density at radius 3 is 1.69 bits per heavy atom. The molecule has 0 heterocycles. The number of rotatable bonds is 1. The fourth-order valence-corrected chi connectivity index (χ4v) is 6.75. The van der Waals surface area contributed by atoms with Crippen LogP contribution >= 0.6 is 0 Å². The van der Waals surface area contributed by atoms with Crippen molar-refractivity contribution in [3.8, 4) is 0 Å². The van der Waals surface area contributed by atoms with Crippen LogP contribution in [0, 0.1) is 0 Å². The summed E-state index contributed by atoms with van der Waals surface area (Å²) in [5, 5.41) is 0. The average Bonchev–Trinajstić information content (AvgIpc) is 1.97. The van der Waals surface area contributed by atoms with Crippen molar-refractivity contribution in [1.29, 1.82) is 0 Å². The third-order valence-corrected chi connectivity index (χ3v) is 11.7. The van der Waals surface area contributed by atoms with Crippen LogP contribution in [0.4, 0.5) is 6.51 Å². The van der Waals surface area contributed by atoms with Gasteiger partial charge in [0.25, 0.3) is 0 Å². The van der Waals surface area contributed by atoms with Crippen molar-refractivity contribution in [3.05, 3.63) is 22.3 Å². The molecule has 0 N–H and O–H groups in total. The Kier molecular flexibility index (Phi) is 1.01. The van der Waals surface area contributed by atoms with Crippen LogP contribution in [-0.4, -0.2) is 0 Å². The van der Waals surface area contributed by atoms with Crippen molar-refractivity contribution in [3.63, 3.8) is 0 Å². The van der Waals surface area contributed by atoms with Gasteiger partial charge in [-0.15, -0.1) is 0 Å². The molecule has 0 amide bonds. The summed E-state index contributed by atoms with van der Waals surface area (Å²) in [6.45, 7) is 0. The normalized spacial score (nSPS) is 29.6. The van der Waals surface area contributed by atoms with Gasteiger partial charge in [0.2, 0.25) is 0 Å². The Balaban J connectivity index is 3.65.